The molecule has 6 heterocycles. The Labute approximate surface area is 892 Å². The lowest BCUT2D eigenvalue weighted by Crippen LogP contribution is -2.04. The largest absolute Gasteiger partial charge is 0.455 e. The smallest absolute Gasteiger partial charge is 0.143 e. The Hall–Kier alpha value is -16.7. The highest BCUT2D eigenvalue weighted by Crippen LogP contribution is 2.51. The Balaban J connectivity index is 0.0000000960. The Morgan fingerprint density at radius 3 is 0.780 bits per heavy atom. The van der Waals surface area contributed by atoms with E-state index in [-0.39, 0.29) is 0 Å². The number of hydrogen-bond donors (Lipinski definition) is 0. The molecule has 150 heavy (non-hydrogen) atoms. The van der Waals surface area contributed by atoms with Gasteiger partial charge >= 0.3 is 0 Å². The second-order valence-electron chi connectivity index (χ2n) is 39.5. The van der Waals surface area contributed by atoms with Crippen LogP contribution in [0.25, 0.3) is 236 Å². The van der Waals surface area contributed by atoms with E-state index in [0.29, 0.717) is 0 Å². The Morgan fingerprint density at radius 1 is 0.160 bits per heavy atom. The monoisotopic (exact) mass is 2000 g/mol. The van der Waals surface area contributed by atoms with Crippen molar-refractivity contribution in [3.05, 3.63) is 530 Å². The Morgan fingerprint density at radius 2 is 0.400 bits per heavy atom. The second kappa shape index (κ2) is 42.6. The van der Waals surface area contributed by atoms with Crippen molar-refractivity contribution in [3.63, 3.8) is 0 Å². The minimum atomic E-state index is 0.792. The van der Waals surface area contributed by atoms with Crippen LogP contribution >= 0.6 is 45.3 Å². The molecule has 0 aliphatic heterocycles. The number of hydrogen-bond acceptors (Lipinski definition) is 6. The number of furan rings is 2. The van der Waals surface area contributed by atoms with Gasteiger partial charge in [-0.1, -0.05) is 527 Å². The van der Waals surface area contributed by atoms with Crippen molar-refractivity contribution < 1.29 is 8.83 Å². The van der Waals surface area contributed by atoms with Crippen LogP contribution in [0.1, 0.15) is 77.0 Å². The minimum Gasteiger partial charge on any atom is -0.455 e. The summed E-state index contributed by atoms with van der Waals surface area (Å²) in [5.41, 5.74) is 38.3. The van der Waals surface area contributed by atoms with E-state index in [1.54, 1.807) is 10.3 Å². The first kappa shape index (κ1) is 95.5. The van der Waals surface area contributed by atoms with Crippen molar-refractivity contribution in [2.75, 3.05) is 0 Å². The van der Waals surface area contributed by atoms with Gasteiger partial charge in [0.1, 0.15) is 22.3 Å². The molecular weight excluding hydrogens is 1890 g/mol. The molecule has 0 spiro atoms. The van der Waals surface area contributed by atoms with E-state index in [4.69, 9.17) is 8.83 Å². The molecule has 1 fully saturated rings. The molecule has 6 heteroatoms. The average Bonchev–Trinajstić information content (AvgIpc) is 1.61. The molecule has 0 atom stereocenters. The zero-order valence-corrected chi connectivity index (χ0v) is 88.1. The SMILES string of the molecule is Cc1ccc(-c2cccc3c2sc2c(-c4ccccc4)cccc23)cc1.Cc1cccc(-c2cccc3c2oc2c(-c4ccccc4)cccc23)c1.Cc1cccc(-c2cccc3c2sc2c(-c4ccccc4)cccc23)c1.Cc1cccc2c1sc1c(C3CCCCC3)cccc12.Cc1ccccc1-c1cccc2c1oc1c(-c3ccccc3)cccc12.Cc1ccccc1-c1cccc2c1sc1c(-c3ccccc3)cccc12. The third kappa shape index (κ3) is 18.9. The van der Waals surface area contributed by atoms with Crippen LogP contribution in [-0.4, -0.2) is 0 Å². The summed E-state index contributed by atoms with van der Waals surface area (Å²) >= 11 is 7.74. The standard InChI is InChI=1S/2C25H18O.3C25H18S.C19H20S/c1-17-8-5-11-19(16-17)21-13-7-15-23-22-14-6-12-20(24(22)26-25(21)23)18-9-3-2-4-10-18;1-17-9-5-6-12-19(17)21-14-8-16-23-22-15-7-13-20(24(22)26-25(21)23)18-10-3-2-4-11-18;1-17-8-5-11-19(16-17)21-13-7-15-23-22-14-6-12-20(24(22)26-25(21)23)18-9-3-2-4-10-18;1-17-13-15-19(16-14-17)21-10-6-12-23-22-11-5-9-20(24(22)26-25(21)23)18-7-3-2-4-8-18;1-17-9-5-6-12-19(17)21-14-8-16-23-22-15-7-13-20(24(22)26-25(21)23)18-10-3-2-4-11-18;1-13-7-5-11-16-17-12-6-10-15(19(17)20-18(13)16)14-8-3-2-4-9-14/h5*2-16H,1H3;5-7,10-12,14H,2-4,8-9H2,1H3. The molecule has 1 aliphatic carbocycles. The molecule has 0 bridgehead atoms. The van der Waals surface area contributed by atoms with Crippen LogP contribution < -0.4 is 0 Å². The Kier molecular flexibility index (Phi) is 27.2. The number of benzene rings is 22. The summed E-state index contributed by atoms with van der Waals surface area (Å²) in [4.78, 5) is 0. The molecule has 1 saturated carbocycles. The van der Waals surface area contributed by atoms with Crippen molar-refractivity contribution >= 4 is 170 Å². The van der Waals surface area contributed by atoms with Crippen molar-refractivity contribution in [2.24, 2.45) is 0 Å². The van der Waals surface area contributed by atoms with Crippen molar-refractivity contribution in [3.8, 4) is 111 Å². The molecule has 0 N–H and O–H groups in total. The predicted molar refractivity (Wildman–Crippen MR) is 653 cm³/mol. The fourth-order valence-corrected chi connectivity index (χ4v) is 27.7. The number of aryl methyl sites for hydroxylation is 6. The number of para-hydroxylation sites is 4. The molecule has 6 aromatic heterocycles. The van der Waals surface area contributed by atoms with Crippen LogP contribution in [0, 0.1) is 41.5 Å². The number of fused-ring (bicyclic) bond motifs is 18. The normalized spacial score (nSPS) is 12.0. The lowest BCUT2D eigenvalue weighted by atomic mass is 9.84. The molecule has 0 amide bonds. The van der Waals surface area contributed by atoms with Crippen LogP contribution in [0.5, 0.6) is 0 Å². The third-order valence-corrected chi connectivity index (χ3v) is 35.0. The zero-order chi connectivity index (χ0) is 101. The highest BCUT2D eigenvalue weighted by molar-refractivity contribution is 7.28. The van der Waals surface area contributed by atoms with Gasteiger partial charge in [0.15, 0.2) is 0 Å². The van der Waals surface area contributed by atoms with Crippen molar-refractivity contribution in [2.45, 2.75) is 79.6 Å². The van der Waals surface area contributed by atoms with Gasteiger partial charge in [0.2, 0.25) is 0 Å². The van der Waals surface area contributed by atoms with Gasteiger partial charge in [0, 0.05) is 124 Å². The van der Waals surface area contributed by atoms with Gasteiger partial charge < -0.3 is 8.83 Å². The van der Waals surface area contributed by atoms with E-state index in [0.717, 1.165) is 66.7 Å². The molecule has 0 saturated heterocycles. The van der Waals surface area contributed by atoms with Gasteiger partial charge in [0.25, 0.3) is 0 Å². The van der Waals surface area contributed by atoms with Crippen LogP contribution in [0.3, 0.4) is 0 Å². The molecule has 22 aromatic carbocycles. The molecule has 29 rings (SSSR count). The lowest BCUT2D eigenvalue weighted by Gasteiger charge is -2.22. The van der Waals surface area contributed by atoms with Crippen molar-refractivity contribution in [1.82, 2.24) is 0 Å². The van der Waals surface area contributed by atoms with Gasteiger partial charge in [0.05, 0.1) is 0 Å². The highest BCUT2D eigenvalue weighted by atomic mass is 32.1. The number of rotatable bonds is 11. The van der Waals surface area contributed by atoms with Crippen LogP contribution in [-0.2, 0) is 0 Å². The molecule has 0 radical (unpaired) electrons. The van der Waals surface area contributed by atoms with Gasteiger partial charge in [-0.3, -0.25) is 0 Å². The summed E-state index contributed by atoms with van der Waals surface area (Å²) in [5, 5.41) is 15.7. The minimum absolute atomic E-state index is 0.792. The maximum Gasteiger partial charge on any atom is 0.143 e. The van der Waals surface area contributed by atoms with E-state index in [2.05, 4.69) is 521 Å². The van der Waals surface area contributed by atoms with E-state index < -0.39 is 0 Å². The van der Waals surface area contributed by atoms with Gasteiger partial charge in [-0.15, -0.1) is 45.3 Å². The maximum absolute atomic E-state index is 6.48. The summed E-state index contributed by atoms with van der Waals surface area (Å²) in [6, 6.07) is 176. The molecule has 722 valence electrons. The van der Waals surface area contributed by atoms with E-state index in [1.807, 2.05) is 57.5 Å². The van der Waals surface area contributed by atoms with Gasteiger partial charge in [-0.2, -0.15) is 0 Å². The van der Waals surface area contributed by atoms with Crippen LogP contribution in [0.4, 0.5) is 0 Å². The molecule has 2 nitrogen and oxygen atoms in total. The van der Waals surface area contributed by atoms with Gasteiger partial charge in [-0.25, -0.2) is 0 Å². The number of thiophene rings is 4. The summed E-state index contributed by atoms with van der Waals surface area (Å²) in [6.45, 7) is 13.0. The van der Waals surface area contributed by atoms with E-state index in [9.17, 15) is 0 Å². The highest BCUT2D eigenvalue weighted by Gasteiger charge is 2.25. The van der Waals surface area contributed by atoms with E-state index >= 15 is 0 Å². The fraction of sp³-hybridized carbons (Fsp3) is 0.0833. The summed E-state index contributed by atoms with van der Waals surface area (Å²) in [6.07, 6.45) is 7.01. The quantitative estimate of drug-likeness (QED) is 0.129. The first-order chi connectivity index (χ1) is 73.9. The average molecular weight is 2000 g/mol. The molecule has 1 aliphatic rings. The zero-order valence-electron chi connectivity index (χ0n) is 84.8. The lowest BCUT2D eigenvalue weighted by molar-refractivity contribution is 0.446. The first-order valence-corrected chi connectivity index (χ1v) is 55.4. The van der Waals surface area contributed by atoms with Crippen LogP contribution in [0.2, 0.25) is 0 Å². The first-order valence-electron chi connectivity index (χ1n) is 52.2. The Bertz CT molecular complexity index is 9390. The summed E-state index contributed by atoms with van der Waals surface area (Å²) in [7, 11) is 0. The molecule has 0 unspecified atom stereocenters. The molecular formula is C144H110O2S4. The fourth-order valence-electron chi connectivity index (χ4n) is 22.3. The molecule has 28 aromatic rings. The van der Waals surface area contributed by atoms with Gasteiger partial charge in [-0.05, 0) is 172 Å². The van der Waals surface area contributed by atoms with Crippen molar-refractivity contribution in [1.29, 1.82) is 0 Å². The third-order valence-electron chi connectivity index (χ3n) is 29.7. The van der Waals surface area contributed by atoms with Crippen LogP contribution in [0.15, 0.2) is 500 Å². The summed E-state index contributed by atoms with van der Waals surface area (Å²) in [5.74, 6) is 0.792. The topological polar surface area (TPSA) is 26.3 Å². The predicted octanol–water partition coefficient (Wildman–Crippen LogP) is 44.0. The maximum atomic E-state index is 6.48. The second-order valence-corrected chi connectivity index (χ2v) is 43.6. The van der Waals surface area contributed by atoms with E-state index in [1.165, 1.54) is 236 Å². The summed E-state index contributed by atoms with van der Waals surface area (Å²) < 4.78 is 24.2.